The zero-order chi connectivity index (χ0) is 24.8. The molecule has 1 N–H and O–H groups in total. The van der Waals surface area contributed by atoms with Crippen molar-refractivity contribution in [2.24, 2.45) is 0 Å². The standard InChI is InChI=1S/C20H12ClF7N2O2S/c1-33-15-7-13(18(22,19(23,24)25)20(26,27)28)6-14(21)16(15)30-9-12(8-29-30)10-3-2-4-11(5-10)17(31)32/h2-9H,1H3,(H,31,32). The number of carboxylic acids is 1. The van der Waals surface area contributed by atoms with Crippen molar-refractivity contribution in [3.8, 4) is 16.8 Å². The van der Waals surface area contributed by atoms with Crippen LogP contribution < -0.4 is 0 Å². The summed E-state index contributed by atoms with van der Waals surface area (Å²) >= 11 is 6.77. The van der Waals surface area contributed by atoms with Crippen LogP contribution in [0, 0.1) is 0 Å². The minimum atomic E-state index is -6.28. The molecule has 0 aliphatic heterocycles. The number of carboxylic acid groups (broad SMARTS) is 1. The molecule has 0 atom stereocenters. The van der Waals surface area contributed by atoms with Crippen LogP contribution in [0.5, 0.6) is 0 Å². The lowest BCUT2D eigenvalue weighted by atomic mass is 9.94. The fourth-order valence-electron chi connectivity index (χ4n) is 3.06. The Morgan fingerprint density at radius 3 is 2.21 bits per heavy atom. The van der Waals surface area contributed by atoms with Gasteiger partial charge >= 0.3 is 24.0 Å². The second kappa shape index (κ2) is 8.56. The van der Waals surface area contributed by atoms with Gasteiger partial charge in [0.1, 0.15) is 0 Å². The summed E-state index contributed by atoms with van der Waals surface area (Å²) in [6.45, 7) is 0. The average Bonchev–Trinajstić information content (AvgIpc) is 3.20. The Morgan fingerprint density at radius 1 is 1.03 bits per heavy atom. The first kappa shape index (κ1) is 24.9. The van der Waals surface area contributed by atoms with Gasteiger partial charge in [-0.25, -0.2) is 13.9 Å². The first-order valence-corrected chi connectivity index (χ1v) is 10.4. The van der Waals surface area contributed by atoms with Crippen molar-refractivity contribution in [1.29, 1.82) is 0 Å². The summed E-state index contributed by atoms with van der Waals surface area (Å²) in [6.07, 6.45) is -8.53. The molecule has 0 bridgehead atoms. The highest BCUT2D eigenvalue weighted by Crippen LogP contribution is 2.54. The van der Waals surface area contributed by atoms with E-state index in [-0.39, 0.29) is 22.2 Å². The smallest absolute Gasteiger partial charge is 0.435 e. The monoisotopic (exact) mass is 512 g/mol. The summed E-state index contributed by atoms with van der Waals surface area (Å²) in [6, 6.07) is 6.48. The van der Waals surface area contributed by atoms with Crippen LogP contribution in [0.3, 0.4) is 0 Å². The fourth-order valence-corrected chi connectivity index (χ4v) is 4.07. The lowest BCUT2D eigenvalue weighted by Crippen LogP contribution is -2.50. The Labute approximate surface area is 191 Å². The lowest BCUT2D eigenvalue weighted by Gasteiger charge is -2.31. The molecule has 1 aromatic heterocycles. The molecule has 3 aromatic rings. The summed E-state index contributed by atoms with van der Waals surface area (Å²) < 4.78 is 94.5. The number of halogens is 8. The van der Waals surface area contributed by atoms with Crippen molar-refractivity contribution in [3.63, 3.8) is 0 Å². The maximum absolute atomic E-state index is 14.5. The van der Waals surface area contributed by atoms with Gasteiger partial charge in [-0.1, -0.05) is 23.7 Å². The Hall–Kier alpha value is -2.73. The van der Waals surface area contributed by atoms with Crippen molar-refractivity contribution in [2.75, 3.05) is 6.26 Å². The summed E-state index contributed by atoms with van der Waals surface area (Å²) in [5.74, 6) is -1.17. The summed E-state index contributed by atoms with van der Waals surface area (Å²) in [5, 5.41) is 12.6. The van der Waals surface area contributed by atoms with Gasteiger partial charge in [-0.2, -0.15) is 31.4 Å². The maximum atomic E-state index is 14.5. The Morgan fingerprint density at radius 2 is 1.67 bits per heavy atom. The molecule has 1 heterocycles. The third-order valence-electron chi connectivity index (χ3n) is 4.68. The van der Waals surface area contributed by atoms with E-state index >= 15 is 0 Å². The summed E-state index contributed by atoms with van der Waals surface area (Å²) in [4.78, 5) is 11.0. The van der Waals surface area contributed by atoms with Gasteiger partial charge < -0.3 is 5.11 Å². The van der Waals surface area contributed by atoms with Gasteiger partial charge in [0, 0.05) is 22.2 Å². The fraction of sp³-hybridized carbons (Fsp3) is 0.200. The third-order valence-corrected chi connectivity index (χ3v) is 5.72. The molecule has 0 saturated heterocycles. The first-order chi connectivity index (χ1) is 15.2. The van der Waals surface area contributed by atoms with Crippen molar-refractivity contribution in [1.82, 2.24) is 9.78 Å². The predicted octanol–water partition coefficient (Wildman–Crippen LogP) is 6.90. The van der Waals surface area contributed by atoms with E-state index in [1.165, 1.54) is 36.8 Å². The van der Waals surface area contributed by atoms with Gasteiger partial charge in [-0.3, -0.25) is 0 Å². The Bertz CT molecular complexity index is 1190. The van der Waals surface area contributed by atoms with Crippen molar-refractivity contribution in [3.05, 3.63) is 64.9 Å². The van der Waals surface area contributed by atoms with Crippen molar-refractivity contribution in [2.45, 2.75) is 22.9 Å². The number of benzene rings is 2. The van der Waals surface area contributed by atoms with Gasteiger partial charge in [-0.15, -0.1) is 11.8 Å². The number of hydrogen-bond acceptors (Lipinski definition) is 3. The normalized spacial score (nSPS) is 12.8. The molecule has 0 amide bonds. The van der Waals surface area contributed by atoms with Crippen LogP contribution in [0.2, 0.25) is 5.02 Å². The van der Waals surface area contributed by atoms with Crippen LogP contribution >= 0.6 is 23.4 Å². The van der Waals surface area contributed by atoms with Gasteiger partial charge in [0.25, 0.3) is 0 Å². The molecular formula is C20H12ClF7N2O2S. The van der Waals surface area contributed by atoms with E-state index in [4.69, 9.17) is 16.7 Å². The molecule has 4 nitrogen and oxygen atoms in total. The second-order valence-electron chi connectivity index (χ2n) is 6.72. The van der Waals surface area contributed by atoms with Gasteiger partial charge in [0.15, 0.2) is 0 Å². The number of aromatic carboxylic acids is 1. The van der Waals surface area contributed by atoms with Crippen LogP contribution in [0.25, 0.3) is 16.8 Å². The summed E-state index contributed by atoms with van der Waals surface area (Å²) in [7, 11) is 0. The quantitative estimate of drug-likeness (QED) is 0.298. The molecule has 2 aromatic carbocycles. The van der Waals surface area contributed by atoms with Crippen LogP contribution in [-0.4, -0.2) is 39.5 Å². The molecule has 176 valence electrons. The number of alkyl halides is 7. The number of aromatic nitrogens is 2. The number of hydrogen-bond donors (Lipinski definition) is 1. The van der Waals surface area contributed by atoms with E-state index in [9.17, 15) is 35.5 Å². The van der Waals surface area contributed by atoms with Crippen LogP contribution in [-0.2, 0) is 5.67 Å². The highest BCUT2D eigenvalue weighted by Gasteiger charge is 2.73. The van der Waals surface area contributed by atoms with E-state index in [2.05, 4.69) is 5.10 Å². The predicted molar refractivity (Wildman–Crippen MR) is 108 cm³/mol. The molecule has 0 unspecified atom stereocenters. The minimum Gasteiger partial charge on any atom is -0.478 e. The Balaban J connectivity index is 2.14. The van der Waals surface area contributed by atoms with Crippen LogP contribution in [0.1, 0.15) is 15.9 Å². The van der Waals surface area contributed by atoms with Gasteiger partial charge in [0.2, 0.25) is 0 Å². The molecule has 0 aliphatic rings. The molecule has 13 heteroatoms. The van der Waals surface area contributed by atoms with E-state index in [1.54, 1.807) is 6.07 Å². The van der Waals surface area contributed by atoms with Gasteiger partial charge in [0.05, 0.1) is 22.5 Å². The van der Waals surface area contributed by atoms with Crippen LogP contribution in [0.15, 0.2) is 53.7 Å². The molecule has 0 aliphatic carbocycles. The lowest BCUT2D eigenvalue weighted by molar-refractivity contribution is -0.348. The topological polar surface area (TPSA) is 55.1 Å². The highest BCUT2D eigenvalue weighted by atomic mass is 35.5. The second-order valence-corrected chi connectivity index (χ2v) is 7.98. The van der Waals surface area contributed by atoms with E-state index in [0.717, 1.165) is 16.4 Å². The number of carbonyl (C=O) groups is 1. The number of rotatable bonds is 5. The number of nitrogens with zero attached hydrogens (tertiary/aromatic N) is 2. The summed E-state index contributed by atoms with van der Waals surface area (Å²) in [5.41, 5.74) is -6.57. The zero-order valence-electron chi connectivity index (χ0n) is 16.3. The van der Waals surface area contributed by atoms with Crippen LogP contribution in [0.4, 0.5) is 30.7 Å². The molecule has 3 rings (SSSR count). The maximum Gasteiger partial charge on any atom is 0.435 e. The molecule has 0 fully saturated rings. The molecule has 0 radical (unpaired) electrons. The minimum absolute atomic E-state index is 0.00831. The largest absolute Gasteiger partial charge is 0.478 e. The number of thioether (sulfide) groups is 1. The zero-order valence-corrected chi connectivity index (χ0v) is 17.9. The molecule has 0 saturated carbocycles. The molecule has 33 heavy (non-hydrogen) atoms. The molecular weight excluding hydrogens is 501 g/mol. The molecule has 0 spiro atoms. The van der Waals surface area contributed by atoms with E-state index in [1.807, 2.05) is 0 Å². The SMILES string of the molecule is CSc1cc(C(F)(C(F)(F)F)C(F)(F)F)cc(Cl)c1-n1cc(-c2cccc(C(=O)O)c2)cn1. The van der Waals surface area contributed by atoms with Gasteiger partial charge in [-0.05, 0) is 36.1 Å². The average molecular weight is 513 g/mol. The van der Waals surface area contributed by atoms with Crippen molar-refractivity contribution >= 4 is 29.3 Å². The first-order valence-electron chi connectivity index (χ1n) is 8.80. The Kier molecular flexibility index (Phi) is 6.46. The third kappa shape index (κ3) is 4.41. The van der Waals surface area contributed by atoms with E-state index < -0.39 is 34.6 Å². The van der Waals surface area contributed by atoms with E-state index in [0.29, 0.717) is 17.2 Å². The highest BCUT2D eigenvalue weighted by molar-refractivity contribution is 7.98. The van der Waals surface area contributed by atoms with Crippen molar-refractivity contribution < 1.29 is 40.6 Å².